The van der Waals surface area contributed by atoms with Crippen LogP contribution in [0.3, 0.4) is 0 Å². The van der Waals surface area contributed by atoms with E-state index in [0.717, 1.165) is 5.56 Å². The lowest BCUT2D eigenvalue weighted by molar-refractivity contribution is 0.103. The molecule has 1 aromatic carbocycles. The lowest BCUT2D eigenvalue weighted by Gasteiger charge is -2.04. The van der Waals surface area contributed by atoms with Crippen molar-refractivity contribution < 1.29 is 9.90 Å². The number of hydrogen-bond donors (Lipinski definition) is 1. The van der Waals surface area contributed by atoms with Crippen molar-refractivity contribution >= 4 is 5.78 Å². The highest BCUT2D eigenvalue weighted by molar-refractivity contribution is 6.10. The van der Waals surface area contributed by atoms with Crippen LogP contribution in [0.4, 0.5) is 0 Å². The molecule has 2 aromatic rings. The Morgan fingerprint density at radius 2 is 2.12 bits per heavy atom. The highest BCUT2D eigenvalue weighted by atomic mass is 16.3. The van der Waals surface area contributed by atoms with Gasteiger partial charge in [-0.05, 0) is 36.8 Å². The van der Waals surface area contributed by atoms with Gasteiger partial charge < -0.3 is 5.11 Å². The molecule has 0 saturated carbocycles. The van der Waals surface area contributed by atoms with Crippen molar-refractivity contribution in [3.8, 4) is 5.75 Å². The van der Waals surface area contributed by atoms with E-state index in [4.69, 9.17) is 0 Å². The van der Waals surface area contributed by atoms with E-state index in [1.54, 1.807) is 36.5 Å². The zero-order valence-corrected chi connectivity index (χ0v) is 8.84. The number of carbonyl (C=O) groups excluding carboxylic acids is 1. The van der Waals surface area contributed by atoms with Crippen molar-refractivity contribution in [3.05, 3.63) is 59.4 Å². The Bertz CT molecular complexity index is 521. The first-order valence-corrected chi connectivity index (χ1v) is 4.93. The number of ketones is 1. The van der Waals surface area contributed by atoms with E-state index < -0.39 is 0 Å². The summed E-state index contributed by atoms with van der Waals surface area (Å²) in [6.07, 6.45) is 3.09. The zero-order chi connectivity index (χ0) is 11.5. The van der Waals surface area contributed by atoms with Gasteiger partial charge in [0, 0.05) is 18.0 Å². The highest BCUT2D eigenvalue weighted by Gasteiger charge is 2.12. The molecule has 0 aliphatic heterocycles. The molecule has 3 heteroatoms. The van der Waals surface area contributed by atoms with Gasteiger partial charge in [0.25, 0.3) is 0 Å². The minimum absolute atomic E-state index is 0.00820. The Balaban J connectivity index is 2.42. The topological polar surface area (TPSA) is 50.2 Å². The number of carbonyl (C=O) groups is 1. The van der Waals surface area contributed by atoms with Crippen molar-refractivity contribution in [1.82, 2.24) is 4.98 Å². The molecule has 0 amide bonds. The summed E-state index contributed by atoms with van der Waals surface area (Å²) in [5.41, 5.74) is 1.69. The Labute approximate surface area is 93.4 Å². The van der Waals surface area contributed by atoms with Gasteiger partial charge in [-0.3, -0.25) is 9.78 Å². The number of nitrogens with zero attached hydrogens (tertiary/aromatic N) is 1. The highest BCUT2D eigenvalue weighted by Crippen LogP contribution is 2.21. The summed E-state index contributed by atoms with van der Waals surface area (Å²) in [6.45, 7) is 1.86. The fourth-order valence-electron chi connectivity index (χ4n) is 1.49. The van der Waals surface area contributed by atoms with Crippen LogP contribution in [0.2, 0.25) is 0 Å². The van der Waals surface area contributed by atoms with E-state index in [0.29, 0.717) is 11.1 Å². The lowest BCUT2D eigenvalue weighted by atomic mass is 10.0. The number of phenols is 1. The van der Waals surface area contributed by atoms with Gasteiger partial charge in [0.2, 0.25) is 0 Å². The molecule has 1 aromatic heterocycles. The predicted octanol–water partition coefficient (Wildman–Crippen LogP) is 2.33. The Kier molecular flexibility index (Phi) is 2.68. The first kappa shape index (κ1) is 10.4. The van der Waals surface area contributed by atoms with Crippen LogP contribution in [0.15, 0.2) is 42.7 Å². The molecule has 0 bridgehead atoms. The molecule has 16 heavy (non-hydrogen) atoms. The molecule has 0 spiro atoms. The molecule has 0 saturated heterocycles. The fourth-order valence-corrected chi connectivity index (χ4v) is 1.49. The molecular weight excluding hydrogens is 202 g/mol. The summed E-state index contributed by atoms with van der Waals surface area (Å²) >= 11 is 0. The second-order valence-electron chi connectivity index (χ2n) is 3.59. The van der Waals surface area contributed by atoms with Gasteiger partial charge in [-0.15, -0.1) is 0 Å². The van der Waals surface area contributed by atoms with Gasteiger partial charge in [-0.1, -0.05) is 6.07 Å². The standard InChI is InChI=1S/C13H11NO2/c1-9-4-5-11(12(15)7-9)13(16)10-3-2-6-14-8-10/h2-8,15H,1H3. The summed E-state index contributed by atoms with van der Waals surface area (Å²) in [5.74, 6) is -0.209. The van der Waals surface area contributed by atoms with E-state index in [-0.39, 0.29) is 11.5 Å². The van der Waals surface area contributed by atoms with E-state index in [1.165, 1.54) is 6.20 Å². The number of benzene rings is 1. The van der Waals surface area contributed by atoms with Crippen LogP contribution >= 0.6 is 0 Å². The molecule has 1 heterocycles. The molecular formula is C13H11NO2. The van der Waals surface area contributed by atoms with Crippen molar-refractivity contribution in [3.63, 3.8) is 0 Å². The number of aromatic nitrogens is 1. The van der Waals surface area contributed by atoms with Gasteiger partial charge in [0.15, 0.2) is 5.78 Å². The molecule has 0 radical (unpaired) electrons. The molecule has 2 rings (SSSR count). The summed E-state index contributed by atoms with van der Waals surface area (Å²) in [5, 5.41) is 9.68. The number of rotatable bonds is 2. The second-order valence-corrected chi connectivity index (χ2v) is 3.59. The largest absolute Gasteiger partial charge is 0.507 e. The van der Waals surface area contributed by atoms with Gasteiger partial charge >= 0.3 is 0 Å². The minimum atomic E-state index is -0.217. The molecule has 0 aliphatic carbocycles. The predicted molar refractivity (Wildman–Crippen MR) is 60.5 cm³/mol. The number of hydrogen-bond acceptors (Lipinski definition) is 3. The van der Waals surface area contributed by atoms with Crippen LogP contribution in [-0.2, 0) is 0 Å². The Morgan fingerprint density at radius 3 is 2.75 bits per heavy atom. The quantitative estimate of drug-likeness (QED) is 0.779. The number of pyridine rings is 1. The van der Waals surface area contributed by atoms with Gasteiger partial charge in [-0.25, -0.2) is 0 Å². The summed E-state index contributed by atoms with van der Waals surface area (Å²) in [7, 11) is 0. The van der Waals surface area contributed by atoms with Crippen LogP contribution in [0, 0.1) is 6.92 Å². The van der Waals surface area contributed by atoms with Crippen molar-refractivity contribution in [2.75, 3.05) is 0 Å². The maximum Gasteiger partial charge on any atom is 0.198 e. The van der Waals surface area contributed by atoms with E-state index in [1.807, 2.05) is 6.92 Å². The molecule has 0 aliphatic rings. The van der Waals surface area contributed by atoms with Gasteiger partial charge in [0.05, 0.1) is 5.56 Å². The maximum atomic E-state index is 12.0. The zero-order valence-electron chi connectivity index (χ0n) is 8.84. The average molecular weight is 213 g/mol. The van der Waals surface area contributed by atoms with Crippen LogP contribution in [-0.4, -0.2) is 15.9 Å². The lowest BCUT2D eigenvalue weighted by Crippen LogP contribution is -2.02. The molecule has 0 fully saturated rings. The Hall–Kier alpha value is -2.16. The summed E-state index contributed by atoms with van der Waals surface area (Å²) in [6, 6.07) is 8.36. The normalized spacial score (nSPS) is 10.1. The molecule has 0 unspecified atom stereocenters. The van der Waals surface area contributed by atoms with E-state index in [2.05, 4.69) is 4.98 Å². The SMILES string of the molecule is Cc1ccc(C(=O)c2cccnc2)c(O)c1. The third-order valence-electron chi connectivity index (χ3n) is 2.32. The Morgan fingerprint density at radius 1 is 1.31 bits per heavy atom. The average Bonchev–Trinajstić information content (AvgIpc) is 2.29. The van der Waals surface area contributed by atoms with Crippen molar-refractivity contribution in [2.45, 2.75) is 6.92 Å². The number of phenolic OH excluding ortho intramolecular Hbond substituents is 1. The van der Waals surface area contributed by atoms with Crippen LogP contribution in [0.1, 0.15) is 21.5 Å². The third-order valence-corrected chi connectivity index (χ3v) is 2.32. The molecule has 1 N–H and O–H groups in total. The smallest absolute Gasteiger partial charge is 0.198 e. The minimum Gasteiger partial charge on any atom is -0.507 e. The maximum absolute atomic E-state index is 12.0. The van der Waals surface area contributed by atoms with Gasteiger partial charge in [-0.2, -0.15) is 0 Å². The van der Waals surface area contributed by atoms with E-state index >= 15 is 0 Å². The number of aryl methyl sites for hydroxylation is 1. The molecule has 80 valence electrons. The van der Waals surface area contributed by atoms with Crippen molar-refractivity contribution in [2.24, 2.45) is 0 Å². The monoisotopic (exact) mass is 213 g/mol. The van der Waals surface area contributed by atoms with Crippen molar-refractivity contribution in [1.29, 1.82) is 0 Å². The molecule has 3 nitrogen and oxygen atoms in total. The first-order valence-electron chi connectivity index (χ1n) is 4.93. The number of aromatic hydroxyl groups is 1. The third kappa shape index (κ3) is 1.93. The summed E-state index contributed by atoms with van der Waals surface area (Å²) < 4.78 is 0. The van der Waals surface area contributed by atoms with Crippen LogP contribution in [0.25, 0.3) is 0 Å². The second kappa shape index (κ2) is 4.14. The first-order chi connectivity index (χ1) is 7.68. The fraction of sp³-hybridized carbons (Fsp3) is 0.0769. The summed E-state index contributed by atoms with van der Waals surface area (Å²) in [4.78, 5) is 15.9. The van der Waals surface area contributed by atoms with E-state index in [9.17, 15) is 9.90 Å². The molecule has 0 atom stereocenters. The van der Waals surface area contributed by atoms with Crippen LogP contribution < -0.4 is 0 Å². The van der Waals surface area contributed by atoms with Crippen LogP contribution in [0.5, 0.6) is 5.75 Å². The van der Waals surface area contributed by atoms with Gasteiger partial charge in [0.1, 0.15) is 5.75 Å².